The number of aliphatic carboxylic acids is 1. The molecule has 0 aliphatic carbocycles. The number of hydrogen-bond donors (Lipinski definition) is 7. The van der Waals surface area contributed by atoms with Crippen LogP contribution in [0.25, 0.3) is 0 Å². The van der Waals surface area contributed by atoms with E-state index in [1.54, 1.807) is 21.0 Å². The molecule has 3 fully saturated rings. The number of unbranched alkanes of at least 4 members (excludes halogenated alkanes) is 2. The lowest BCUT2D eigenvalue weighted by molar-refractivity contribution is -0.306. The number of carbonyl (C=O) groups is 1. The first kappa shape index (κ1) is 51.3. The SMILES string of the molecule is CC[C@H]1OC(O)[C@H](C)C([C@H]2C[C@@](C)(OC)[C@@H](O)[C@H](C)O2)[C@H](C)[C@@H](O[C@@H]2O[C@H](C)C[C@H](N(C)C)[C@H]2O)[C@](C)(O)C[C@@H](C)CN(CCCCCC(=O)O)[C@H](C)[C@@H](O)[C@]1(C)O. The van der Waals surface area contributed by atoms with Crippen LogP contribution in [-0.4, -0.2) is 176 Å². The molecular weight excluding hydrogens is 752 g/mol. The van der Waals surface area contributed by atoms with Gasteiger partial charge in [0.05, 0.1) is 41.7 Å². The summed E-state index contributed by atoms with van der Waals surface area (Å²) in [6.07, 6.45) is -6.25. The molecule has 0 amide bonds. The topological polar surface area (TPSA) is 211 Å². The van der Waals surface area contributed by atoms with Crippen LogP contribution < -0.4 is 0 Å². The van der Waals surface area contributed by atoms with Gasteiger partial charge in [0.1, 0.15) is 23.9 Å². The molecule has 58 heavy (non-hydrogen) atoms. The molecule has 342 valence electrons. The number of rotatable bonds is 12. The van der Waals surface area contributed by atoms with Gasteiger partial charge in [-0.15, -0.1) is 0 Å². The number of ether oxygens (including phenoxy) is 5. The zero-order valence-electron chi connectivity index (χ0n) is 37.8. The van der Waals surface area contributed by atoms with Gasteiger partial charge in [-0.05, 0) is 112 Å². The molecule has 3 rings (SSSR count). The molecular formula is C43H82N2O13. The number of aliphatic hydroxyl groups is 6. The van der Waals surface area contributed by atoms with E-state index in [-0.39, 0.29) is 43.7 Å². The Morgan fingerprint density at radius 3 is 2.09 bits per heavy atom. The molecule has 0 aromatic carbocycles. The molecule has 0 bridgehead atoms. The zero-order valence-corrected chi connectivity index (χ0v) is 37.8. The molecule has 15 nitrogen and oxygen atoms in total. The van der Waals surface area contributed by atoms with Gasteiger partial charge in [0.2, 0.25) is 0 Å². The minimum atomic E-state index is -1.80. The van der Waals surface area contributed by atoms with Crippen LogP contribution in [0.5, 0.6) is 0 Å². The maximum absolute atomic E-state index is 12.8. The molecule has 3 aliphatic rings. The Bertz CT molecular complexity index is 1260. The fourth-order valence-corrected chi connectivity index (χ4v) is 10.4. The van der Waals surface area contributed by atoms with Gasteiger partial charge in [-0.3, -0.25) is 9.69 Å². The van der Waals surface area contributed by atoms with E-state index < -0.39 is 102 Å². The Labute approximate surface area is 348 Å². The summed E-state index contributed by atoms with van der Waals surface area (Å²) < 4.78 is 32.1. The van der Waals surface area contributed by atoms with E-state index in [0.29, 0.717) is 38.8 Å². The summed E-state index contributed by atoms with van der Waals surface area (Å²) in [5.74, 6) is -2.99. The van der Waals surface area contributed by atoms with Crippen LogP contribution >= 0.6 is 0 Å². The summed E-state index contributed by atoms with van der Waals surface area (Å²) in [6, 6.07) is -0.870. The monoisotopic (exact) mass is 835 g/mol. The highest BCUT2D eigenvalue weighted by Crippen LogP contribution is 2.45. The molecule has 3 saturated heterocycles. The van der Waals surface area contributed by atoms with E-state index in [2.05, 4.69) is 4.90 Å². The number of likely N-dealkylation sites (N-methyl/N-ethyl adjacent to an activating group) is 1. The Kier molecular flexibility index (Phi) is 18.9. The first-order valence-corrected chi connectivity index (χ1v) is 21.8. The number of hydrogen-bond acceptors (Lipinski definition) is 14. The van der Waals surface area contributed by atoms with Crippen LogP contribution in [0.4, 0.5) is 0 Å². The fraction of sp³-hybridized carbons (Fsp3) is 0.977. The van der Waals surface area contributed by atoms with Gasteiger partial charge in [-0.25, -0.2) is 0 Å². The summed E-state index contributed by atoms with van der Waals surface area (Å²) in [7, 11) is 5.33. The summed E-state index contributed by atoms with van der Waals surface area (Å²) in [5, 5.41) is 81.0. The quantitative estimate of drug-likeness (QED) is 0.141. The molecule has 15 heteroatoms. The lowest BCUT2D eigenvalue weighted by Crippen LogP contribution is -2.62. The second-order valence-corrected chi connectivity index (χ2v) is 19.2. The summed E-state index contributed by atoms with van der Waals surface area (Å²) in [5.41, 5.74) is -4.38. The van der Waals surface area contributed by atoms with Gasteiger partial charge in [-0.1, -0.05) is 34.1 Å². The van der Waals surface area contributed by atoms with Crippen molar-refractivity contribution in [3.8, 4) is 0 Å². The maximum atomic E-state index is 12.8. The van der Waals surface area contributed by atoms with Crippen LogP contribution in [0.15, 0.2) is 0 Å². The summed E-state index contributed by atoms with van der Waals surface area (Å²) in [6.45, 7) is 19.1. The van der Waals surface area contributed by atoms with Crippen molar-refractivity contribution in [3.05, 3.63) is 0 Å². The van der Waals surface area contributed by atoms with E-state index in [4.69, 9.17) is 23.7 Å². The molecule has 0 aromatic heterocycles. The van der Waals surface area contributed by atoms with Crippen molar-refractivity contribution in [2.24, 2.45) is 23.7 Å². The first-order chi connectivity index (χ1) is 26.8. The molecule has 0 radical (unpaired) electrons. The standard InChI is InChI=1S/C43H82N2O13/c1-14-32-43(10,53)36(49)28(6)45(19-17-15-16-18-33(46)47)23-24(2)21-41(8,52)38(58-40-35(48)30(44(11)12)20-25(3)55-40)26(4)34(27(5)39(51)57-32)31-22-42(9,54-13)37(50)29(7)56-31/h24-32,34-40,48-53H,14-23H2,1-13H3,(H,46,47)/t24-,25-,26+,27-,28-,29+,30+,31-,32-,34?,35-,36-,37+,38-,39?,40+,41-,42-,43-/m1/s1. The van der Waals surface area contributed by atoms with Crippen molar-refractivity contribution < 1.29 is 64.2 Å². The third kappa shape index (κ3) is 12.3. The van der Waals surface area contributed by atoms with Crippen LogP contribution in [0.2, 0.25) is 0 Å². The number of methoxy groups -OCH3 is 1. The number of carboxylic acids is 1. The third-order valence-electron chi connectivity index (χ3n) is 13.9. The predicted octanol–water partition coefficient (Wildman–Crippen LogP) is 2.98. The molecule has 0 spiro atoms. The van der Waals surface area contributed by atoms with Gasteiger partial charge in [0, 0.05) is 44.5 Å². The Balaban J connectivity index is 2.21. The van der Waals surface area contributed by atoms with Crippen molar-refractivity contribution in [2.45, 2.75) is 211 Å². The zero-order chi connectivity index (χ0) is 44.1. The van der Waals surface area contributed by atoms with E-state index in [1.165, 1.54) is 6.92 Å². The summed E-state index contributed by atoms with van der Waals surface area (Å²) in [4.78, 5) is 15.2. The third-order valence-corrected chi connectivity index (χ3v) is 13.9. The molecule has 0 aromatic rings. The number of aliphatic hydroxyl groups excluding tert-OH is 4. The highest BCUT2D eigenvalue weighted by atomic mass is 16.7. The Morgan fingerprint density at radius 1 is 0.879 bits per heavy atom. The van der Waals surface area contributed by atoms with Crippen molar-refractivity contribution in [3.63, 3.8) is 0 Å². The van der Waals surface area contributed by atoms with Gasteiger partial charge < -0.3 is 64.3 Å². The van der Waals surface area contributed by atoms with Gasteiger partial charge in [-0.2, -0.15) is 0 Å². The molecule has 19 atom stereocenters. The molecule has 0 saturated carbocycles. The Morgan fingerprint density at radius 2 is 1.52 bits per heavy atom. The minimum Gasteiger partial charge on any atom is -0.481 e. The molecule has 7 N–H and O–H groups in total. The van der Waals surface area contributed by atoms with Crippen LogP contribution in [-0.2, 0) is 28.5 Å². The maximum Gasteiger partial charge on any atom is 0.303 e. The number of nitrogens with zero attached hydrogens (tertiary/aromatic N) is 2. The number of carboxylic acid groups (broad SMARTS) is 1. The average molecular weight is 835 g/mol. The minimum absolute atomic E-state index is 0.0621. The second kappa shape index (κ2) is 21.4. The van der Waals surface area contributed by atoms with E-state index in [1.807, 2.05) is 67.5 Å². The Hall–Kier alpha value is -1.05. The van der Waals surface area contributed by atoms with Gasteiger partial charge in [0.25, 0.3) is 0 Å². The van der Waals surface area contributed by atoms with E-state index in [9.17, 15) is 40.5 Å². The van der Waals surface area contributed by atoms with Gasteiger partial charge in [0.15, 0.2) is 12.6 Å². The highest BCUT2D eigenvalue weighted by Gasteiger charge is 2.55. The summed E-state index contributed by atoms with van der Waals surface area (Å²) >= 11 is 0. The first-order valence-electron chi connectivity index (χ1n) is 21.8. The fourth-order valence-electron chi connectivity index (χ4n) is 10.4. The largest absolute Gasteiger partial charge is 0.481 e. The predicted molar refractivity (Wildman–Crippen MR) is 219 cm³/mol. The van der Waals surface area contributed by atoms with Crippen LogP contribution in [0, 0.1) is 23.7 Å². The van der Waals surface area contributed by atoms with E-state index >= 15 is 0 Å². The van der Waals surface area contributed by atoms with E-state index in [0.717, 1.165) is 0 Å². The molecule has 3 aliphatic heterocycles. The normalized spacial score (nSPS) is 47.0. The lowest BCUT2D eigenvalue weighted by atomic mass is 9.68. The highest BCUT2D eigenvalue weighted by molar-refractivity contribution is 5.66. The molecule has 2 unspecified atom stereocenters. The lowest BCUT2D eigenvalue weighted by Gasteiger charge is -2.52. The molecule has 3 heterocycles. The van der Waals surface area contributed by atoms with Crippen molar-refractivity contribution >= 4 is 5.97 Å². The van der Waals surface area contributed by atoms with Crippen LogP contribution in [0.3, 0.4) is 0 Å². The van der Waals surface area contributed by atoms with Crippen molar-refractivity contribution in [1.29, 1.82) is 0 Å². The van der Waals surface area contributed by atoms with Crippen molar-refractivity contribution in [1.82, 2.24) is 9.80 Å². The van der Waals surface area contributed by atoms with Crippen molar-refractivity contribution in [2.75, 3.05) is 34.3 Å². The average Bonchev–Trinajstić information content (AvgIpc) is 3.13. The van der Waals surface area contributed by atoms with Gasteiger partial charge >= 0.3 is 5.97 Å². The second-order valence-electron chi connectivity index (χ2n) is 19.2. The van der Waals surface area contributed by atoms with Crippen LogP contribution in [0.1, 0.15) is 121 Å². The smallest absolute Gasteiger partial charge is 0.303 e.